The molecule has 0 amide bonds. The number of azo groups is 1. The molecule has 0 aliphatic rings. The minimum atomic E-state index is -0.617. The SMILES string of the molecule is CCCCc1cc(F)c(C#Cc2ccc(N=Nc3ccc(CCC)cc3)cc2)c(F)c1. The van der Waals surface area contributed by atoms with Crippen molar-refractivity contribution < 1.29 is 8.78 Å². The predicted molar refractivity (Wildman–Crippen MR) is 122 cm³/mol. The van der Waals surface area contributed by atoms with Crippen LogP contribution in [0.3, 0.4) is 0 Å². The van der Waals surface area contributed by atoms with E-state index in [-0.39, 0.29) is 5.56 Å². The molecule has 0 radical (unpaired) electrons. The van der Waals surface area contributed by atoms with E-state index in [4.69, 9.17) is 0 Å². The lowest BCUT2D eigenvalue weighted by molar-refractivity contribution is 0.572. The maximum atomic E-state index is 14.3. The van der Waals surface area contributed by atoms with Gasteiger partial charge in [-0.15, -0.1) is 0 Å². The summed E-state index contributed by atoms with van der Waals surface area (Å²) >= 11 is 0. The summed E-state index contributed by atoms with van der Waals surface area (Å²) in [5.74, 6) is 4.21. The first-order valence-corrected chi connectivity index (χ1v) is 10.7. The average Bonchev–Trinajstić information content (AvgIpc) is 2.77. The summed E-state index contributed by atoms with van der Waals surface area (Å²) in [4.78, 5) is 0. The maximum absolute atomic E-state index is 14.3. The van der Waals surface area contributed by atoms with Crippen LogP contribution in [0.15, 0.2) is 70.9 Å². The zero-order chi connectivity index (χ0) is 22.1. The molecular formula is C27H26F2N2. The van der Waals surface area contributed by atoms with Crippen molar-refractivity contribution in [1.29, 1.82) is 0 Å². The first-order chi connectivity index (χ1) is 15.1. The van der Waals surface area contributed by atoms with Crippen LogP contribution < -0.4 is 0 Å². The molecule has 3 aromatic rings. The van der Waals surface area contributed by atoms with Crippen molar-refractivity contribution in [3.63, 3.8) is 0 Å². The average molecular weight is 417 g/mol. The Balaban J connectivity index is 1.68. The van der Waals surface area contributed by atoms with Gasteiger partial charge in [0.25, 0.3) is 0 Å². The zero-order valence-corrected chi connectivity index (χ0v) is 18.0. The molecule has 0 fully saturated rings. The Bertz CT molecular complexity index is 1070. The quantitative estimate of drug-likeness (QED) is 0.275. The maximum Gasteiger partial charge on any atom is 0.142 e. The van der Waals surface area contributed by atoms with Gasteiger partial charge in [-0.2, -0.15) is 10.2 Å². The number of hydrogen-bond donors (Lipinski definition) is 0. The van der Waals surface area contributed by atoms with Crippen LogP contribution in [-0.2, 0) is 12.8 Å². The lowest BCUT2D eigenvalue weighted by Gasteiger charge is -2.03. The lowest BCUT2D eigenvalue weighted by atomic mass is 10.0. The number of unbranched alkanes of at least 4 members (excludes halogenated alkanes) is 1. The fourth-order valence-electron chi connectivity index (χ4n) is 3.15. The minimum Gasteiger partial charge on any atom is -0.206 e. The molecule has 0 aliphatic heterocycles. The molecule has 0 atom stereocenters. The second-order valence-corrected chi connectivity index (χ2v) is 7.45. The van der Waals surface area contributed by atoms with Gasteiger partial charge in [0.05, 0.1) is 16.9 Å². The standard InChI is InChI=1S/C27H26F2N2/c1-3-5-7-22-18-26(28)25(27(29)19-22)17-12-21-10-15-24(16-11-21)31-30-23-13-8-20(6-4-2)9-14-23/h8-11,13-16,18-19H,3-7H2,1-2H3. The first kappa shape index (κ1) is 22.4. The Morgan fingerprint density at radius 1 is 0.677 bits per heavy atom. The van der Waals surface area contributed by atoms with Crippen molar-refractivity contribution in [3.8, 4) is 11.8 Å². The highest BCUT2D eigenvalue weighted by atomic mass is 19.1. The molecule has 3 rings (SSSR count). The molecule has 0 aliphatic carbocycles. The molecule has 0 bridgehead atoms. The molecule has 0 saturated carbocycles. The third-order valence-electron chi connectivity index (χ3n) is 4.88. The molecule has 158 valence electrons. The van der Waals surface area contributed by atoms with E-state index in [2.05, 4.69) is 41.1 Å². The summed E-state index contributed by atoms with van der Waals surface area (Å²) in [7, 11) is 0. The van der Waals surface area contributed by atoms with E-state index >= 15 is 0 Å². The molecule has 0 heterocycles. The summed E-state index contributed by atoms with van der Waals surface area (Å²) in [5, 5.41) is 8.47. The van der Waals surface area contributed by atoms with E-state index in [0.29, 0.717) is 23.2 Å². The number of hydrogen-bond acceptors (Lipinski definition) is 2. The van der Waals surface area contributed by atoms with Gasteiger partial charge >= 0.3 is 0 Å². The molecular weight excluding hydrogens is 390 g/mol. The number of halogens is 2. The van der Waals surface area contributed by atoms with Crippen LogP contribution in [0.4, 0.5) is 20.2 Å². The van der Waals surface area contributed by atoms with Crippen LogP contribution in [0.1, 0.15) is 55.4 Å². The van der Waals surface area contributed by atoms with Gasteiger partial charge in [-0.1, -0.05) is 50.7 Å². The summed E-state index contributed by atoms with van der Waals surface area (Å²) in [6, 6.07) is 17.8. The van der Waals surface area contributed by atoms with Crippen molar-refractivity contribution in [1.82, 2.24) is 0 Å². The summed E-state index contributed by atoms with van der Waals surface area (Å²) in [6.45, 7) is 4.20. The number of benzene rings is 3. The van der Waals surface area contributed by atoms with Crippen molar-refractivity contribution in [2.75, 3.05) is 0 Å². The van der Waals surface area contributed by atoms with Gasteiger partial charge in [0.2, 0.25) is 0 Å². The molecule has 0 saturated heterocycles. The van der Waals surface area contributed by atoms with E-state index in [9.17, 15) is 8.78 Å². The predicted octanol–water partition coefficient (Wildman–Crippen LogP) is 8.08. The molecule has 0 N–H and O–H groups in total. The fraction of sp³-hybridized carbons (Fsp3) is 0.259. The van der Waals surface area contributed by atoms with E-state index in [1.807, 2.05) is 19.1 Å². The van der Waals surface area contributed by atoms with E-state index in [0.717, 1.165) is 31.4 Å². The van der Waals surface area contributed by atoms with Crippen LogP contribution in [0.5, 0.6) is 0 Å². The summed E-state index contributed by atoms with van der Waals surface area (Å²) < 4.78 is 28.5. The normalized spacial score (nSPS) is 10.8. The Labute approximate surface area is 183 Å². The van der Waals surface area contributed by atoms with E-state index in [1.165, 1.54) is 17.7 Å². The monoisotopic (exact) mass is 416 g/mol. The zero-order valence-electron chi connectivity index (χ0n) is 18.0. The van der Waals surface area contributed by atoms with Crippen LogP contribution in [0.2, 0.25) is 0 Å². The lowest BCUT2D eigenvalue weighted by Crippen LogP contribution is -1.95. The summed E-state index contributed by atoms with van der Waals surface area (Å²) in [5.41, 5.74) is 3.87. The number of aryl methyl sites for hydroxylation is 2. The Hall–Kier alpha value is -3.32. The third kappa shape index (κ3) is 6.58. The fourth-order valence-corrected chi connectivity index (χ4v) is 3.15. The first-order valence-electron chi connectivity index (χ1n) is 10.7. The van der Waals surface area contributed by atoms with Gasteiger partial charge in [-0.05, 0) is 78.9 Å². The van der Waals surface area contributed by atoms with Crippen LogP contribution in [-0.4, -0.2) is 0 Å². The van der Waals surface area contributed by atoms with Crippen LogP contribution >= 0.6 is 0 Å². The molecule has 2 nitrogen and oxygen atoms in total. The molecule has 4 heteroatoms. The highest BCUT2D eigenvalue weighted by Crippen LogP contribution is 2.20. The van der Waals surface area contributed by atoms with Gasteiger partial charge in [-0.3, -0.25) is 0 Å². The van der Waals surface area contributed by atoms with Crippen molar-refractivity contribution in [2.45, 2.75) is 46.0 Å². The summed E-state index contributed by atoms with van der Waals surface area (Å²) in [6.07, 6.45) is 4.71. The number of nitrogens with zero attached hydrogens (tertiary/aromatic N) is 2. The third-order valence-corrected chi connectivity index (χ3v) is 4.88. The Morgan fingerprint density at radius 2 is 1.26 bits per heavy atom. The van der Waals surface area contributed by atoms with Gasteiger partial charge < -0.3 is 0 Å². The molecule has 0 aromatic heterocycles. The van der Waals surface area contributed by atoms with Crippen molar-refractivity contribution in [3.05, 3.63) is 94.6 Å². The molecule has 3 aromatic carbocycles. The van der Waals surface area contributed by atoms with Gasteiger partial charge in [0, 0.05) is 5.56 Å². The second kappa shape index (κ2) is 11.2. The second-order valence-electron chi connectivity index (χ2n) is 7.45. The van der Waals surface area contributed by atoms with E-state index in [1.54, 1.807) is 24.3 Å². The smallest absolute Gasteiger partial charge is 0.142 e. The van der Waals surface area contributed by atoms with Gasteiger partial charge in [0.1, 0.15) is 11.6 Å². The van der Waals surface area contributed by atoms with Gasteiger partial charge in [0.15, 0.2) is 0 Å². The molecule has 0 spiro atoms. The Kier molecular flexibility index (Phi) is 8.06. The van der Waals surface area contributed by atoms with Crippen molar-refractivity contribution in [2.24, 2.45) is 10.2 Å². The topological polar surface area (TPSA) is 24.7 Å². The van der Waals surface area contributed by atoms with Crippen molar-refractivity contribution >= 4 is 11.4 Å². The Morgan fingerprint density at radius 3 is 1.81 bits per heavy atom. The largest absolute Gasteiger partial charge is 0.206 e. The minimum absolute atomic E-state index is 0.199. The number of rotatable bonds is 7. The molecule has 0 unspecified atom stereocenters. The van der Waals surface area contributed by atoms with Gasteiger partial charge in [-0.25, -0.2) is 8.78 Å². The molecule has 31 heavy (non-hydrogen) atoms. The van der Waals surface area contributed by atoms with E-state index < -0.39 is 11.6 Å². The van der Waals surface area contributed by atoms with Crippen LogP contribution in [0.25, 0.3) is 0 Å². The highest BCUT2D eigenvalue weighted by molar-refractivity contribution is 5.49. The highest BCUT2D eigenvalue weighted by Gasteiger charge is 2.09. The van der Waals surface area contributed by atoms with Crippen LogP contribution in [0, 0.1) is 23.5 Å².